The number of benzene rings is 2. The van der Waals surface area contributed by atoms with Gasteiger partial charge in [0.15, 0.2) is 0 Å². The van der Waals surface area contributed by atoms with Crippen LogP contribution in [-0.4, -0.2) is 18.3 Å². The highest BCUT2D eigenvalue weighted by atomic mass is 32.2. The Balaban J connectivity index is 2.34. The Hall–Kier alpha value is -2.85. The maximum Gasteiger partial charge on any atom is 0.297 e. The van der Waals surface area contributed by atoms with Gasteiger partial charge in [0.1, 0.15) is 0 Å². The second-order valence-electron chi connectivity index (χ2n) is 4.81. The van der Waals surface area contributed by atoms with E-state index in [9.17, 15) is 28.6 Å². The predicted molar refractivity (Wildman–Crippen MR) is 82.9 cm³/mol. The van der Waals surface area contributed by atoms with Crippen molar-refractivity contribution in [2.24, 2.45) is 0 Å². The molecule has 10 heteroatoms. The fraction of sp³-hybridized carbons (Fsp3) is 0.143. The van der Waals surface area contributed by atoms with Crippen LogP contribution in [0.15, 0.2) is 47.4 Å². The molecular weight excluding hydrogens is 340 g/mol. The van der Waals surface area contributed by atoms with Crippen LogP contribution < -0.4 is 0 Å². The van der Waals surface area contributed by atoms with Gasteiger partial charge in [0.25, 0.3) is 21.5 Å². The Morgan fingerprint density at radius 1 is 1.04 bits per heavy atom. The minimum atomic E-state index is -4.16. The van der Waals surface area contributed by atoms with E-state index in [1.807, 2.05) is 0 Å². The van der Waals surface area contributed by atoms with Crippen molar-refractivity contribution < 1.29 is 22.4 Å². The predicted octanol–water partition coefficient (Wildman–Crippen LogP) is 2.72. The molecule has 9 nitrogen and oxygen atoms in total. The fourth-order valence-corrected chi connectivity index (χ4v) is 3.14. The van der Waals surface area contributed by atoms with E-state index >= 15 is 0 Å². The average Bonchev–Trinajstić information content (AvgIpc) is 2.52. The summed E-state index contributed by atoms with van der Waals surface area (Å²) in [6, 6.07) is 8.91. The Morgan fingerprint density at radius 2 is 1.71 bits per heavy atom. The normalized spacial score (nSPS) is 11.2. The van der Waals surface area contributed by atoms with Crippen molar-refractivity contribution in [2.45, 2.75) is 18.4 Å². The largest absolute Gasteiger partial charge is 0.297 e. The molecule has 0 saturated carbocycles. The number of hydrogen-bond donors (Lipinski definition) is 0. The Morgan fingerprint density at radius 3 is 2.29 bits per heavy atom. The lowest BCUT2D eigenvalue weighted by atomic mass is 10.1. The summed E-state index contributed by atoms with van der Waals surface area (Å²) < 4.78 is 29.3. The van der Waals surface area contributed by atoms with Gasteiger partial charge in [-0.15, -0.1) is 0 Å². The van der Waals surface area contributed by atoms with Crippen LogP contribution in [0.25, 0.3) is 0 Å². The number of aryl methyl sites for hydroxylation is 1. The number of rotatable bonds is 6. The zero-order valence-electron chi connectivity index (χ0n) is 12.4. The van der Waals surface area contributed by atoms with Gasteiger partial charge in [-0.1, -0.05) is 18.2 Å². The van der Waals surface area contributed by atoms with E-state index in [-0.39, 0.29) is 10.5 Å². The van der Waals surface area contributed by atoms with Crippen LogP contribution in [0.4, 0.5) is 11.4 Å². The molecule has 0 radical (unpaired) electrons. The van der Waals surface area contributed by atoms with Crippen LogP contribution in [0, 0.1) is 27.2 Å². The van der Waals surface area contributed by atoms with Gasteiger partial charge in [0.05, 0.1) is 26.9 Å². The lowest BCUT2D eigenvalue weighted by Gasteiger charge is -2.08. The third-order valence-corrected chi connectivity index (χ3v) is 4.63. The molecule has 0 unspecified atom stereocenters. The second kappa shape index (κ2) is 6.72. The molecule has 0 bridgehead atoms. The molecule has 0 atom stereocenters. The van der Waals surface area contributed by atoms with Gasteiger partial charge in [0, 0.05) is 18.2 Å². The van der Waals surface area contributed by atoms with E-state index in [2.05, 4.69) is 0 Å². The number of nitro benzene ring substituents is 2. The van der Waals surface area contributed by atoms with Crippen molar-refractivity contribution in [1.82, 2.24) is 0 Å². The van der Waals surface area contributed by atoms with Gasteiger partial charge in [0.2, 0.25) is 0 Å². The molecule has 0 N–H and O–H groups in total. The first-order valence-electron chi connectivity index (χ1n) is 6.59. The first-order valence-corrected chi connectivity index (χ1v) is 8.00. The highest BCUT2D eigenvalue weighted by molar-refractivity contribution is 7.86. The SMILES string of the molecule is Cc1ccccc1S(=O)(=O)OCc1cc([N+](=O)[O-])ccc1[N+](=O)[O-]. The molecule has 0 aromatic heterocycles. The molecular formula is C14H12N2O7S. The molecule has 0 saturated heterocycles. The highest BCUT2D eigenvalue weighted by Gasteiger charge is 2.23. The number of hydrogen-bond acceptors (Lipinski definition) is 7. The Bertz CT molecular complexity index is 909. The van der Waals surface area contributed by atoms with Gasteiger partial charge < -0.3 is 0 Å². The zero-order valence-corrected chi connectivity index (χ0v) is 13.2. The van der Waals surface area contributed by atoms with Crippen LogP contribution in [0.5, 0.6) is 0 Å². The molecule has 0 heterocycles. The third-order valence-electron chi connectivity index (χ3n) is 3.20. The molecule has 0 amide bonds. The van der Waals surface area contributed by atoms with Crippen LogP contribution in [0.3, 0.4) is 0 Å². The van der Waals surface area contributed by atoms with Gasteiger partial charge in [-0.05, 0) is 18.6 Å². The monoisotopic (exact) mass is 352 g/mol. The van der Waals surface area contributed by atoms with E-state index in [0.717, 1.165) is 18.2 Å². The maximum atomic E-state index is 12.2. The van der Waals surface area contributed by atoms with Crippen molar-refractivity contribution in [1.29, 1.82) is 0 Å². The smallest absolute Gasteiger partial charge is 0.261 e. The Kier molecular flexibility index (Phi) is 4.90. The van der Waals surface area contributed by atoms with Crippen LogP contribution in [0.1, 0.15) is 11.1 Å². The average molecular weight is 352 g/mol. The lowest BCUT2D eigenvalue weighted by molar-refractivity contribution is -0.389. The van der Waals surface area contributed by atoms with Crippen molar-refractivity contribution in [3.8, 4) is 0 Å². The number of non-ortho nitro benzene ring substituents is 1. The first kappa shape index (κ1) is 17.5. The van der Waals surface area contributed by atoms with E-state index in [1.54, 1.807) is 19.1 Å². The summed E-state index contributed by atoms with van der Waals surface area (Å²) in [5.74, 6) is 0. The summed E-state index contributed by atoms with van der Waals surface area (Å²) in [5, 5.41) is 21.8. The van der Waals surface area contributed by atoms with Gasteiger partial charge >= 0.3 is 0 Å². The van der Waals surface area contributed by atoms with E-state index in [0.29, 0.717) is 5.56 Å². The molecule has 0 spiro atoms. The van der Waals surface area contributed by atoms with Gasteiger partial charge in [-0.2, -0.15) is 8.42 Å². The third kappa shape index (κ3) is 3.73. The van der Waals surface area contributed by atoms with Crippen molar-refractivity contribution in [2.75, 3.05) is 0 Å². The summed E-state index contributed by atoms with van der Waals surface area (Å²) in [7, 11) is -4.16. The summed E-state index contributed by atoms with van der Waals surface area (Å²) >= 11 is 0. The molecule has 2 aromatic rings. The van der Waals surface area contributed by atoms with Crippen LogP contribution in [0.2, 0.25) is 0 Å². The van der Waals surface area contributed by atoms with E-state index in [1.165, 1.54) is 12.1 Å². The molecule has 2 rings (SSSR count). The maximum absolute atomic E-state index is 12.2. The van der Waals surface area contributed by atoms with Crippen molar-refractivity contribution in [3.05, 3.63) is 73.8 Å². The zero-order chi connectivity index (χ0) is 17.9. The topological polar surface area (TPSA) is 130 Å². The summed E-state index contributed by atoms with van der Waals surface area (Å²) in [4.78, 5) is 20.2. The van der Waals surface area contributed by atoms with Gasteiger partial charge in [-0.3, -0.25) is 24.4 Å². The van der Waals surface area contributed by atoms with E-state index < -0.39 is 37.9 Å². The van der Waals surface area contributed by atoms with Crippen molar-refractivity contribution >= 4 is 21.5 Å². The molecule has 0 aliphatic rings. The Labute approximate surface area is 136 Å². The summed E-state index contributed by atoms with van der Waals surface area (Å²) in [5.41, 5.74) is -0.606. The highest BCUT2D eigenvalue weighted by Crippen LogP contribution is 2.26. The van der Waals surface area contributed by atoms with Crippen LogP contribution >= 0.6 is 0 Å². The second-order valence-corrected chi connectivity index (χ2v) is 6.39. The summed E-state index contributed by atoms with van der Waals surface area (Å²) in [6.45, 7) is 0.890. The first-order chi connectivity index (χ1) is 11.2. The molecule has 0 aliphatic heterocycles. The molecule has 2 aromatic carbocycles. The summed E-state index contributed by atoms with van der Waals surface area (Å²) in [6.07, 6.45) is 0. The number of nitro groups is 2. The van der Waals surface area contributed by atoms with Crippen molar-refractivity contribution in [3.63, 3.8) is 0 Å². The number of nitrogens with zero attached hydrogens (tertiary/aromatic N) is 2. The fourth-order valence-electron chi connectivity index (χ4n) is 2.02. The molecule has 0 aliphatic carbocycles. The molecule has 0 fully saturated rings. The molecule has 126 valence electrons. The quantitative estimate of drug-likeness (QED) is 0.444. The lowest BCUT2D eigenvalue weighted by Crippen LogP contribution is -2.09. The standard InChI is InChI=1S/C14H12N2O7S/c1-10-4-2-3-5-14(10)24(21,22)23-9-11-8-12(15(17)18)6-7-13(11)16(19)20/h2-8H,9H2,1H3. The minimum Gasteiger partial charge on any atom is -0.261 e. The minimum absolute atomic E-state index is 0.0712. The molecule has 24 heavy (non-hydrogen) atoms. The van der Waals surface area contributed by atoms with Gasteiger partial charge in [-0.25, -0.2) is 0 Å². The van der Waals surface area contributed by atoms with E-state index in [4.69, 9.17) is 4.18 Å². The van der Waals surface area contributed by atoms with Crippen LogP contribution in [-0.2, 0) is 20.9 Å².